The molecule has 0 aliphatic carbocycles. The molecule has 0 radical (unpaired) electrons. The van der Waals surface area contributed by atoms with Crippen LogP contribution in [0.2, 0.25) is 0 Å². The van der Waals surface area contributed by atoms with Gasteiger partial charge in [-0.2, -0.15) is 0 Å². The van der Waals surface area contributed by atoms with Crippen LogP contribution in [0.15, 0.2) is 84.9 Å². The fraction of sp³-hybridized carbons (Fsp3) is 0. The summed E-state index contributed by atoms with van der Waals surface area (Å²) >= 11 is 0. The van der Waals surface area contributed by atoms with E-state index >= 15 is 0 Å². The molecule has 0 aliphatic rings. The Balaban J connectivity index is 1.84. The first-order valence-electron chi connectivity index (χ1n) is 7.05. The third-order valence-electron chi connectivity index (χ3n) is 3.48. The van der Waals surface area contributed by atoms with Crippen LogP contribution >= 0.6 is 15.6 Å². The van der Waals surface area contributed by atoms with Gasteiger partial charge in [-0.3, -0.25) is 0 Å². The van der Waals surface area contributed by atoms with Gasteiger partial charge in [-0.1, -0.05) is 84.9 Å². The van der Waals surface area contributed by atoms with Gasteiger partial charge in [-0.05, 0) is 0 Å². The Labute approximate surface area is 131 Å². The SMILES string of the molecule is O=[PH](c1ccccc1)c1ccc([PH](=O)c2ccccc2)cc1. The summed E-state index contributed by atoms with van der Waals surface area (Å²) < 4.78 is 25.0. The molecule has 2 atom stereocenters. The predicted octanol–water partition coefficient (Wildman–Crippen LogP) is 2.71. The summed E-state index contributed by atoms with van der Waals surface area (Å²) in [6, 6.07) is 26.2. The van der Waals surface area contributed by atoms with Crippen LogP contribution in [-0.2, 0) is 9.13 Å². The average Bonchev–Trinajstić information content (AvgIpc) is 2.62. The third-order valence-corrected chi connectivity index (χ3v) is 6.91. The van der Waals surface area contributed by atoms with E-state index in [1.165, 1.54) is 0 Å². The molecule has 4 heteroatoms. The van der Waals surface area contributed by atoms with E-state index in [9.17, 15) is 9.13 Å². The van der Waals surface area contributed by atoms with Crippen molar-refractivity contribution in [2.24, 2.45) is 0 Å². The zero-order chi connectivity index (χ0) is 15.4. The summed E-state index contributed by atoms with van der Waals surface area (Å²) in [6.07, 6.45) is 0. The van der Waals surface area contributed by atoms with Crippen LogP contribution in [-0.4, -0.2) is 0 Å². The molecule has 22 heavy (non-hydrogen) atoms. The van der Waals surface area contributed by atoms with Crippen molar-refractivity contribution in [2.75, 3.05) is 0 Å². The fourth-order valence-electron chi connectivity index (χ4n) is 2.29. The highest BCUT2D eigenvalue weighted by molar-refractivity contribution is 7.62. The topological polar surface area (TPSA) is 34.1 Å². The molecule has 0 heterocycles. The molecule has 0 amide bonds. The van der Waals surface area contributed by atoms with Gasteiger partial charge in [0, 0.05) is 21.2 Å². The second kappa shape index (κ2) is 6.92. The minimum absolute atomic E-state index is 0.794. The Hall–Kier alpha value is -1.88. The maximum atomic E-state index is 12.5. The highest BCUT2D eigenvalue weighted by Crippen LogP contribution is 2.22. The molecule has 0 aromatic heterocycles. The van der Waals surface area contributed by atoms with Gasteiger partial charge in [-0.15, -0.1) is 0 Å². The zero-order valence-corrected chi connectivity index (χ0v) is 13.9. The Morgan fingerprint density at radius 3 is 1.00 bits per heavy atom. The standard InChI is InChI=1S/C18H16O2P2/c19-21(15-7-3-1-4-8-15)17-11-13-18(14-12-17)22(20)16-9-5-2-6-10-16/h1-14,21-22H. The van der Waals surface area contributed by atoms with Gasteiger partial charge in [0.25, 0.3) is 0 Å². The summed E-state index contributed by atoms with van der Waals surface area (Å²) in [5, 5.41) is 3.28. The van der Waals surface area contributed by atoms with Crippen LogP contribution in [0.5, 0.6) is 0 Å². The van der Waals surface area contributed by atoms with Crippen LogP contribution in [0, 0.1) is 0 Å². The highest BCUT2D eigenvalue weighted by Gasteiger charge is 2.09. The molecule has 0 aliphatic heterocycles. The molecule has 3 rings (SSSR count). The normalized spacial score (nSPS) is 13.5. The van der Waals surface area contributed by atoms with Crippen LogP contribution in [0.3, 0.4) is 0 Å². The Morgan fingerprint density at radius 1 is 0.409 bits per heavy atom. The third kappa shape index (κ3) is 3.30. The number of rotatable bonds is 4. The van der Waals surface area contributed by atoms with Crippen LogP contribution in [0.25, 0.3) is 0 Å². The summed E-state index contributed by atoms with van der Waals surface area (Å²) in [5.41, 5.74) is 0. The van der Waals surface area contributed by atoms with Crippen molar-refractivity contribution in [2.45, 2.75) is 0 Å². The summed E-state index contributed by atoms with van der Waals surface area (Å²) in [4.78, 5) is 0. The summed E-state index contributed by atoms with van der Waals surface area (Å²) in [5.74, 6) is 0. The zero-order valence-electron chi connectivity index (χ0n) is 11.9. The second-order valence-electron chi connectivity index (χ2n) is 4.97. The smallest absolute Gasteiger partial charge is 0.131 e. The maximum absolute atomic E-state index is 12.5. The maximum Gasteiger partial charge on any atom is 0.131 e. The van der Waals surface area contributed by atoms with Crippen LogP contribution in [0.1, 0.15) is 0 Å². The van der Waals surface area contributed by atoms with Crippen molar-refractivity contribution in [3.8, 4) is 0 Å². The molecular weight excluding hydrogens is 310 g/mol. The minimum atomic E-state index is -1.99. The quantitative estimate of drug-likeness (QED) is 0.691. The molecule has 0 N–H and O–H groups in total. The van der Waals surface area contributed by atoms with Gasteiger partial charge in [0.05, 0.1) is 0 Å². The van der Waals surface area contributed by atoms with Crippen LogP contribution in [0.4, 0.5) is 0 Å². The van der Waals surface area contributed by atoms with E-state index in [0.717, 1.165) is 21.2 Å². The van der Waals surface area contributed by atoms with E-state index in [-0.39, 0.29) is 0 Å². The lowest BCUT2D eigenvalue weighted by molar-refractivity contribution is 0.597. The number of hydrogen-bond donors (Lipinski definition) is 0. The Kier molecular flexibility index (Phi) is 4.73. The Bertz CT molecular complexity index is 727. The van der Waals surface area contributed by atoms with Gasteiger partial charge in [0.2, 0.25) is 0 Å². The van der Waals surface area contributed by atoms with Crippen molar-refractivity contribution in [1.82, 2.24) is 0 Å². The van der Waals surface area contributed by atoms with Gasteiger partial charge < -0.3 is 9.13 Å². The van der Waals surface area contributed by atoms with Crippen molar-refractivity contribution >= 4 is 36.8 Å². The van der Waals surface area contributed by atoms with Crippen molar-refractivity contribution < 1.29 is 9.13 Å². The van der Waals surface area contributed by atoms with Crippen molar-refractivity contribution in [1.29, 1.82) is 0 Å². The molecule has 3 aromatic rings. The van der Waals surface area contributed by atoms with E-state index in [0.29, 0.717) is 0 Å². The van der Waals surface area contributed by atoms with Gasteiger partial charge in [0.1, 0.15) is 15.6 Å². The average molecular weight is 326 g/mol. The molecule has 2 unspecified atom stereocenters. The first-order chi connectivity index (χ1) is 10.8. The van der Waals surface area contributed by atoms with Gasteiger partial charge >= 0.3 is 0 Å². The number of benzene rings is 3. The van der Waals surface area contributed by atoms with E-state index in [4.69, 9.17) is 0 Å². The Morgan fingerprint density at radius 2 is 0.682 bits per heavy atom. The fourth-order valence-corrected chi connectivity index (χ4v) is 4.88. The highest BCUT2D eigenvalue weighted by atomic mass is 31.1. The van der Waals surface area contributed by atoms with Crippen LogP contribution < -0.4 is 21.2 Å². The molecule has 0 spiro atoms. The largest absolute Gasteiger partial charge is 0.317 e. The summed E-state index contributed by atoms with van der Waals surface area (Å²) in [7, 11) is -3.98. The van der Waals surface area contributed by atoms with E-state index in [2.05, 4.69) is 0 Å². The molecule has 0 saturated carbocycles. The van der Waals surface area contributed by atoms with Gasteiger partial charge in [-0.25, -0.2) is 0 Å². The monoisotopic (exact) mass is 326 g/mol. The second-order valence-corrected chi connectivity index (χ2v) is 8.59. The van der Waals surface area contributed by atoms with E-state index in [1.807, 2.05) is 84.9 Å². The first kappa shape index (κ1) is 15.0. The van der Waals surface area contributed by atoms with E-state index < -0.39 is 15.6 Å². The lowest BCUT2D eigenvalue weighted by Crippen LogP contribution is -2.11. The first-order valence-corrected chi connectivity index (χ1v) is 9.87. The molecule has 0 fully saturated rings. The molecule has 0 bridgehead atoms. The predicted molar refractivity (Wildman–Crippen MR) is 95.9 cm³/mol. The summed E-state index contributed by atoms with van der Waals surface area (Å²) in [6.45, 7) is 0. The molecule has 2 nitrogen and oxygen atoms in total. The number of hydrogen-bond acceptors (Lipinski definition) is 2. The van der Waals surface area contributed by atoms with Crippen molar-refractivity contribution in [3.63, 3.8) is 0 Å². The molecule has 110 valence electrons. The molecule has 3 aromatic carbocycles. The molecular formula is C18H16O2P2. The van der Waals surface area contributed by atoms with Gasteiger partial charge in [0.15, 0.2) is 0 Å². The van der Waals surface area contributed by atoms with E-state index in [1.54, 1.807) is 0 Å². The molecule has 0 saturated heterocycles. The lowest BCUT2D eigenvalue weighted by atomic mass is 10.4. The minimum Gasteiger partial charge on any atom is -0.317 e. The lowest BCUT2D eigenvalue weighted by Gasteiger charge is -2.06. The van der Waals surface area contributed by atoms with Crippen molar-refractivity contribution in [3.05, 3.63) is 84.9 Å².